The lowest BCUT2D eigenvalue weighted by Gasteiger charge is -2.11. The van der Waals surface area contributed by atoms with Gasteiger partial charge in [-0.15, -0.1) is 35.3 Å². The first kappa shape index (κ1) is 23.8. The van der Waals surface area contributed by atoms with Gasteiger partial charge in [-0.1, -0.05) is 19.1 Å². The van der Waals surface area contributed by atoms with Crippen LogP contribution in [0.3, 0.4) is 0 Å². The SMILES string of the molecule is CCc1cnc(CCNC(=NC)NCCc2ccc(S(C)(=O)=O)cc2)s1.I. The number of sulfone groups is 1. The minimum atomic E-state index is -3.14. The Morgan fingerprint density at radius 1 is 1.15 bits per heavy atom. The van der Waals surface area contributed by atoms with Crippen molar-refractivity contribution in [1.82, 2.24) is 15.6 Å². The van der Waals surface area contributed by atoms with E-state index in [4.69, 9.17) is 0 Å². The van der Waals surface area contributed by atoms with Crippen LogP contribution in [0.25, 0.3) is 0 Å². The second-order valence-corrected chi connectivity index (χ2v) is 9.13. The molecule has 0 aliphatic rings. The van der Waals surface area contributed by atoms with Gasteiger partial charge in [-0.25, -0.2) is 13.4 Å². The van der Waals surface area contributed by atoms with Crippen LogP contribution < -0.4 is 10.6 Å². The van der Waals surface area contributed by atoms with Crippen molar-refractivity contribution in [2.24, 2.45) is 4.99 Å². The predicted octanol–water partition coefficient (Wildman–Crippen LogP) is 2.68. The molecule has 2 N–H and O–H groups in total. The average molecular weight is 522 g/mol. The van der Waals surface area contributed by atoms with E-state index in [9.17, 15) is 8.42 Å². The summed E-state index contributed by atoms with van der Waals surface area (Å²) in [6, 6.07) is 7.00. The largest absolute Gasteiger partial charge is 0.356 e. The summed E-state index contributed by atoms with van der Waals surface area (Å²) in [5.41, 5.74) is 1.08. The number of hydrogen-bond donors (Lipinski definition) is 2. The van der Waals surface area contributed by atoms with Gasteiger partial charge in [0.1, 0.15) is 0 Å². The fraction of sp³-hybridized carbons (Fsp3) is 0.444. The molecule has 0 radical (unpaired) electrons. The van der Waals surface area contributed by atoms with E-state index in [0.717, 1.165) is 48.9 Å². The van der Waals surface area contributed by atoms with Gasteiger partial charge in [-0.05, 0) is 30.5 Å². The maximum atomic E-state index is 11.5. The van der Waals surface area contributed by atoms with Crippen molar-refractivity contribution in [3.05, 3.63) is 45.9 Å². The van der Waals surface area contributed by atoms with Crippen molar-refractivity contribution in [1.29, 1.82) is 0 Å². The zero-order valence-corrected chi connectivity index (χ0v) is 19.8. The second-order valence-electron chi connectivity index (χ2n) is 5.92. The molecule has 150 valence electrons. The van der Waals surface area contributed by atoms with Crippen molar-refractivity contribution in [3.63, 3.8) is 0 Å². The second kappa shape index (κ2) is 11.6. The van der Waals surface area contributed by atoms with Crippen molar-refractivity contribution >= 4 is 51.1 Å². The van der Waals surface area contributed by atoms with E-state index >= 15 is 0 Å². The molecule has 0 saturated carbocycles. The zero-order chi connectivity index (χ0) is 19.0. The Labute approximate surface area is 182 Å². The predicted molar refractivity (Wildman–Crippen MR) is 123 cm³/mol. The van der Waals surface area contributed by atoms with Crippen LogP contribution in [-0.2, 0) is 29.1 Å². The third kappa shape index (κ3) is 8.14. The molecule has 1 aromatic heterocycles. The molecular weight excluding hydrogens is 495 g/mol. The number of halogens is 1. The number of aromatic nitrogens is 1. The first-order valence-corrected chi connectivity index (χ1v) is 11.3. The minimum Gasteiger partial charge on any atom is -0.356 e. The molecule has 0 unspecified atom stereocenters. The summed E-state index contributed by atoms with van der Waals surface area (Å²) in [6.45, 7) is 3.63. The van der Waals surface area contributed by atoms with Gasteiger partial charge in [-0.2, -0.15) is 0 Å². The number of aliphatic imine (C=N–C) groups is 1. The van der Waals surface area contributed by atoms with Crippen LogP contribution in [0.4, 0.5) is 0 Å². The molecule has 0 fully saturated rings. The van der Waals surface area contributed by atoms with Crippen LogP contribution in [0.2, 0.25) is 0 Å². The average Bonchev–Trinajstić information content (AvgIpc) is 3.08. The molecule has 0 atom stereocenters. The molecule has 0 saturated heterocycles. The summed E-state index contributed by atoms with van der Waals surface area (Å²) in [5.74, 6) is 0.755. The topological polar surface area (TPSA) is 83.4 Å². The molecule has 2 rings (SSSR count). The lowest BCUT2D eigenvalue weighted by atomic mass is 10.1. The monoisotopic (exact) mass is 522 g/mol. The number of guanidine groups is 1. The number of hydrogen-bond acceptors (Lipinski definition) is 5. The Balaban J connectivity index is 0.00000364. The molecule has 6 nitrogen and oxygen atoms in total. The summed E-state index contributed by atoms with van der Waals surface area (Å²) in [4.78, 5) is 10.3. The van der Waals surface area contributed by atoms with Crippen LogP contribution in [0, 0.1) is 0 Å². The van der Waals surface area contributed by atoms with E-state index in [1.807, 2.05) is 18.3 Å². The Hall–Kier alpha value is -1.20. The van der Waals surface area contributed by atoms with E-state index in [-0.39, 0.29) is 24.0 Å². The van der Waals surface area contributed by atoms with Gasteiger partial charge in [0.05, 0.1) is 9.90 Å². The first-order chi connectivity index (χ1) is 12.4. The quantitative estimate of drug-likeness (QED) is 0.317. The van der Waals surface area contributed by atoms with Gasteiger partial charge in [0.25, 0.3) is 0 Å². The van der Waals surface area contributed by atoms with Crippen LogP contribution in [0.1, 0.15) is 22.4 Å². The maximum Gasteiger partial charge on any atom is 0.191 e. The fourth-order valence-electron chi connectivity index (χ4n) is 2.36. The minimum absolute atomic E-state index is 0. The fourth-order valence-corrected chi connectivity index (χ4v) is 3.86. The number of aryl methyl sites for hydroxylation is 1. The number of benzene rings is 1. The van der Waals surface area contributed by atoms with Crippen molar-refractivity contribution in [2.75, 3.05) is 26.4 Å². The first-order valence-electron chi connectivity index (χ1n) is 8.59. The Bertz CT molecular complexity index is 833. The molecule has 9 heteroatoms. The van der Waals surface area contributed by atoms with E-state index in [1.54, 1.807) is 30.5 Å². The Kier molecular flexibility index (Phi) is 10.2. The van der Waals surface area contributed by atoms with Crippen LogP contribution >= 0.6 is 35.3 Å². The Morgan fingerprint density at radius 3 is 2.30 bits per heavy atom. The van der Waals surface area contributed by atoms with Gasteiger partial charge < -0.3 is 10.6 Å². The van der Waals surface area contributed by atoms with Gasteiger partial charge in [-0.3, -0.25) is 4.99 Å². The van der Waals surface area contributed by atoms with Gasteiger partial charge >= 0.3 is 0 Å². The lowest BCUT2D eigenvalue weighted by molar-refractivity contribution is 0.602. The van der Waals surface area contributed by atoms with Gasteiger partial charge in [0.15, 0.2) is 15.8 Å². The molecule has 0 spiro atoms. The van der Waals surface area contributed by atoms with Gasteiger partial charge in [0, 0.05) is 43.9 Å². The van der Waals surface area contributed by atoms with Crippen molar-refractivity contribution in [3.8, 4) is 0 Å². The van der Waals surface area contributed by atoms with E-state index < -0.39 is 9.84 Å². The van der Waals surface area contributed by atoms with Crippen molar-refractivity contribution in [2.45, 2.75) is 31.1 Å². The molecule has 1 aromatic carbocycles. The molecule has 0 bridgehead atoms. The highest BCUT2D eigenvalue weighted by Crippen LogP contribution is 2.13. The molecule has 2 aromatic rings. The standard InChI is InChI=1S/C18H26N4O2S2.HI/c1-4-15-13-22-17(25-15)10-12-21-18(19-2)20-11-9-14-5-7-16(8-6-14)26(3,23)24;/h5-8,13H,4,9-12H2,1-3H3,(H2,19,20,21);1H. The molecule has 0 amide bonds. The highest BCUT2D eigenvalue weighted by molar-refractivity contribution is 14.0. The third-order valence-electron chi connectivity index (χ3n) is 3.86. The van der Waals surface area contributed by atoms with Gasteiger partial charge in [0.2, 0.25) is 0 Å². The highest BCUT2D eigenvalue weighted by Gasteiger charge is 2.06. The number of thiazole rings is 1. The summed E-state index contributed by atoms with van der Waals surface area (Å²) in [6.07, 6.45) is 5.85. The summed E-state index contributed by atoms with van der Waals surface area (Å²) >= 11 is 1.76. The molecule has 1 heterocycles. The maximum absolute atomic E-state index is 11.5. The number of nitrogens with one attached hydrogen (secondary N) is 2. The molecule has 0 aliphatic carbocycles. The number of nitrogens with zero attached hydrogens (tertiary/aromatic N) is 2. The molecule has 27 heavy (non-hydrogen) atoms. The summed E-state index contributed by atoms with van der Waals surface area (Å²) in [5, 5.41) is 7.69. The molecule has 0 aliphatic heterocycles. The lowest BCUT2D eigenvalue weighted by Crippen LogP contribution is -2.39. The Morgan fingerprint density at radius 2 is 1.78 bits per heavy atom. The zero-order valence-electron chi connectivity index (χ0n) is 15.9. The number of rotatable bonds is 8. The van der Waals surface area contributed by atoms with E-state index in [0.29, 0.717) is 4.90 Å². The van der Waals surface area contributed by atoms with Crippen molar-refractivity contribution < 1.29 is 8.42 Å². The molecular formula is C18H27IN4O2S2. The summed E-state index contributed by atoms with van der Waals surface area (Å²) in [7, 11) is -1.40. The highest BCUT2D eigenvalue weighted by atomic mass is 127. The van der Waals surface area contributed by atoms with E-state index in [2.05, 4.69) is 27.5 Å². The third-order valence-corrected chi connectivity index (χ3v) is 6.19. The van der Waals surface area contributed by atoms with E-state index in [1.165, 1.54) is 11.1 Å². The normalized spacial score (nSPS) is 11.7. The van der Waals surface area contributed by atoms with Crippen LogP contribution in [0.5, 0.6) is 0 Å². The van der Waals surface area contributed by atoms with Crippen LogP contribution in [0.15, 0.2) is 40.4 Å². The summed E-state index contributed by atoms with van der Waals surface area (Å²) < 4.78 is 22.9. The smallest absolute Gasteiger partial charge is 0.191 e. The van der Waals surface area contributed by atoms with Crippen LogP contribution in [-0.4, -0.2) is 45.8 Å².